The van der Waals surface area contributed by atoms with Gasteiger partial charge in [-0.2, -0.15) is 0 Å². The van der Waals surface area contributed by atoms with Crippen LogP contribution >= 0.6 is 0 Å². The highest BCUT2D eigenvalue weighted by molar-refractivity contribution is 5.67. The van der Waals surface area contributed by atoms with Gasteiger partial charge in [-0.1, -0.05) is 0 Å². The van der Waals surface area contributed by atoms with Crippen LogP contribution in [0.1, 0.15) is 0 Å². The van der Waals surface area contributed by atoms with Crippen LogP contribution in [0.5, 0.6) is 0 Å². The van der Waals surface area contributed by atoms with Gasteiger partial charge < -0.3 is 10.6 Å². The maximum Gasteiger partial charge on any atom is 0.311 e. The molecule has 1 heterocycles. The van der Waals surface area contributed by atoms with E-state index >= 15 is 0 Å². The van der Waals surface area contributed by atoms with Crippen LogP contribution < -0.4 is 10.6 Å². The number of hydrogen-bond donors (Lipinski definition) is 2. The van der Waals surface area contributed by atoms with Crippen LogP contribution in [0.2, 0.25) is 0 Å². The van der Waals surface area contributed by atoms with Crippen LogP contribution in [-0.2, 0) is 0 Å². The maximum absolute atomic E-state index is 12.8. The summed E-state index contributed by atoms with van der Waals surface area (Å²) in [4.78, 5) is 14.5. The summed E-state index contributed by atoms with van der Waals surface area (Å²) < 4.78 is 12.8. The van der Waals surface area contributed by atoms with Gasteiger partial charge in [0, 0.05) is 18.8 Å². The molecule has 2 rings (SSSR count). The molecule has 0 aliphatic carbocycles. The average Bonchev–Trinajstić information content (AvgIpc) is 2.41. The van der Waals surface area contributed by atoms with Crippen molar-refractivity contribution in [3.8, 4) is 0 Å². The van der Waals surface area contributed by atoms with E-state index in [0.717, 1.165) is 0 Å². The van der Waals surface area contributed by atoms with Gasteiger partial charge >= 0.3 is 5.69 Å². The lowest BCUT2D eigenvalue weighted by atomic mass is 10.3. The lowest BCUT2D eigenvalue weighted by Crippen LogP contribution is -2.02. The molecule has 2 aromatic rings. The molecule has 0 saturated carbocycles. The largest absolute Gasteiger partial charge is 0.373 e. The Morgan fingerprint density at radius 3 is 2.47 bits per heavy atom. The molecule has 0 radical (unpaired) electrons. The number of nitro groups is 1. The summed E-state index contributed by atoms with van der Waals surface area (Å²) in [5, 5.41) is 16.5. The van der Waals surface area contributed by atoms with Crippen molar-refractivity contribution in [1.82, 2.24) is 4.98 Å². The number of nitrogens with one attached hydrogen (secondary N) is 2. The standard InChI is InChI=1S/C12H11FN4O2/c1-14-11-7-6-10(17(18)19)12(16-11)15-9-4-2-8(13)3-5-9/h2-7H,1H3,(H2,14,15,16). The second-order valence-electron chi connectivity index (χ2n) is 3.70. The summed E-state index contributed by atoms with van der Waals surface area (Å²) in [5.41, 5.74) is 0.369. The molecule has 0 atom stereocenters. The summed E-state index contributed by atoms with van der Waals surface area (Å²) in [6.07, 6.45) is 0. The van der Waals surface area contributed by atoms with Gasteiger partial charge in [-0.15, -0.1) is 0 Å². The first kappa shape index (κ1) is 12.7. The molecule has 0 saturated heterocycles. The first-order valence-corrected chi connectivity index (χ1v) is 5.46. The van der Waals surface area contributed by atoms with Gasteiger partial charge in [-0.3, -0.25) is 10.1 Å². The minimum absolute atomic E-state index is 0.100. The maximum atomic E-state index is 12.8. The zero-order valence-corrected chi connectivity index (χ0v) is 10.1. The molecule has 98 valence electrons. The highest BCUT2D eigenvalue weighted by Crippen LogP contribution is 2.27. The zero-order chi connectivity index (χ0) is 13.8. The molecular formula is C12H11FN4O2. The summed E-state index contributed by atoms with van der Waals surface area (Å²) in [5.74, 6) is 0.218. The molecule has 0 aliphatic rings. The number of anilines is 3. The summed E-state index contributed by atoms with van der Waals surface area (Å²) >= 11 is 0. The van der Waals surface area contributed by atoms with Crippen molar-refractivity contribution >= 4 is 23.0 Å². The van der Waals surface area contributed by atoms with E-state index < -0.39 is 4.92 Å². The SMILES string of the molecule is CNc1ccc([N+](=O)[O-])c(Nc2ccc(F)cc2)n1. The van der Waals surface area contributed by atoms with E-state index in [4.69, 9.17) is 0 Å². The fourth-order valence-corrected chi connectivity index (χ4v) is 1.50. The quantitative estimate of drug-likeness (QED) is 0.654. The Morgan fingerprint density at radius 1 is 1.21 bits per heavy atom. The highest BCUT2D eigenvalue weighted by atomic mass is 19.1. The lowest BCUT2D eigenvalue weighted by molar-refractivity contribution is -0.384. The highest BCUT2D eigenvalue weighted by Gasteiger charge is 2.15. The van der Waals surface area contributed by atoms with Crippen molar-refractivity contribution < 1.29 is 9.31 Å². The minimum Gasteiger partial charge on any atom is -0.373 e. The van der Waals surface area contributed by atoms with E-state index in [1.165, 1.54) is 36.4 Å². The molecule has 6 nitrogen and oxygen atoms in total. The van der Waals surface area contributed by atoms with Gasteiger partial charge in [-0.25, -0.2) is 9.37 Å². The van der Waals surface area contributed by atoms with Gasteiger partial charge in [0.25, 0.3) is 0 Å². The summed E-state index contributed by atoms with van der Waals surface area (Å²) in [6, 6.07) is 8.34. The average molecular weight is 262 g/mol. The normalized spacial score (nSPS) is 10.0. The van der Waals surface area contributed by atoms with E-state index in [9.17, 15) is 14.5 Å². The third-order valence-electron chi connectivity index (χ3n) is 2.43. The number of rotatable bonds is 4. The van der Waals surface area contributed by atoms with Crippen LogP contribution in [0.25, 0.3) is 0 Å². The molecule has 7 heteroatoms. The first-order chi connectivity index (χ1) is 9.10. The molecule has 19 heavy (non-hydrogen) atoms. The van der Waals surface area contributed by atoms with Gasteiger partial charge in [0.15, 0.2) is 0 Å². The van der Waals surface area contributed by atoms with Crippen molar-refractivity contribution in [3.63, 3.8) is 0 Å². The number of nitrogens with zero attached hydrogens (tertiary/aromatic N) is 2. The van der Waals surface area contributed by atoms with E-state index in [-0.39, 0.29) is 17.3 Å². The van der Waals surface area contributed by atoms with E-state index in [1.807, 2.05) is 0 Å². The molecular weight excluding hydrogens is 251 g/mol. The topological polar surface area (TPSA) is 80.1 Å². The van der Waals surface area contributed by atoms with Crippen molar-refractivity contribution in [2.75, 3.05) is 17.7 Å². The van der Waals surface area contributed by atoms with Crippen molar-refractivity contribution in [2.45, 2.75) is 0 Å². The minimum atomic E-state index is -0.529. The van der Waals surface area contributed by atoms with Crippen molar-refractivity contribution in [2.24, 2.45) is 0 Å². The molecule has 1 aromatic carbocycles. The fourth-order valence-electron chi connectivity index (χ4n) is 1.50. The second kappa shape index (κ2) is 5.30. The van der Waals surface area contributed by atoms with Crippen molar-refractivity contribution in [3.05, 3.63) is 52.3 Å². The van der Waals surface area contributed by atoms with Gasteiger partial charge in [0.1, 0.15) is 11.6 Å². The Morgan fingerprint density at radius 2 is 1.89 bits per heavy atom. The number of halogens is 1. The Kier molecular flexibility index (Phi) is 3.56. The monoisotopic (exact) mass is 262 g/mol. The molecule has 0 amide bonds. The number of aromatic nitrogens is 1. The molecule has 0 fully saturated rings. The van der Waals surface area contributed by atoms with E-state index in [1.54, 1.807) is 7.05 Å². The van der Waals surface area contributed by atoms with Gasteiger partial charge in [0.2, 0.25) is 5.82 Å². The van der Waals surface area contributed by atoms with Crippen molar-refractivity contribution in [1.29, 1.82) is 0 Å². The third-order valence-corrected chi connectivity index (χ3v) is 2.43. The van der Waals surface area contributed by atoms with E-state index in [2.05, 4.69) is 15.6 Å². The second-order valence-corrected chi connectivity index (χ2v) is 3.70. The third kappa shape index (κ3) is 2.95. The predicted octanol–water partition coefficient (Wildman–Crippen LogP) is 2.91. The Hall–Kier alpha value is -2.70. The molecule has 0 aliphatic heterocycles. The smallest absolute Gasteiger partial charge is 0.311 e. The number of hydrogen-bond acceptors (Lipinski definition) is 5. The Labute approximate surface area is 108 Å². The van der Waals surface area contributed by atoms with Crippen LogP contribution in [0.4, 0.5) is 27.4 Å². The lowest BCUT2D eigenvalue weighted by Gasteiger charge is -2.08. The number of benzene rings is 1. The molecule has 1 aromatic heterocycles. The summed E-state index contributed by atoms with van der Waals surface area (Å²) in [6.45, 7) is 0. The van der Waals surface area contributed by atoms with Crippen LogP contribution in [0.3, 0.4) is 0 Å². The van der Waals surface area contributed by atoms with Crippen LogP contribution in [0, 0.1) is 15.9 Å². The van der Waals surface area contributed by atoms with Crippen LogP contribution in [0.15, 0.2) is 36.4 Å². The number of pyridine rings is 1. The molecule has 0 bridgehead atoms. The van der Waals surface area contributed by atoms with Crippen LogP contribution in [-0.4, -0.2) is 17.0 Å². The fraction of sp³-hybridized carbons (Fsp3) is 0.0833. The van der Waals surface area contributed by atoms with Gasteiger partial charge in [0.05, 0.1) is 4.92 Å². The molecule has 0 spiro atoms. The van der Waals surface area contributed by atoms with E-state index in [0.29, 0.717) is 11.5 Å². The Bertz CT molecular complexity index is 601. The van der Waals surface area contributed by atoms with Gasteiger partial charge in [-0.05, 0) is 30.3 Å². The molecule has 2 N–H and O–H groups in total. The zero-order valence-electron chi connectivity index (χ0n) is 10.1. The predicted molar refractivity (Wildman–Crippen MR) is 70.1 cm³/mol. The first-order valence-electron chi connectivity index (χ1n) is 5.46. The summed E-state index contributed by atoms with van der Waals surface area (Å²) in [7, 11) is 1.66. The molecule has 0 unspecified atom stereocenters. The Balaban J connectivity index is 2.36.